The van der Waals surface area contributed by atoms with Crippen LogP contribution in [0.15, 0.2) is 36.4 Å². The van der Waals surface area contributed by atoms with Crippen molar-refractivity contribution in [2.45, 2.75) is 51.0 Å². The van der Waals surface area contributed by atoms with E-state index >= 15 is 0 Å². The smallest absolute Gasteiger partial charge is 0.223 e. The second kappa shape index (κ2) is 9.75. The summed E-state index contributed by atoms with van der Waals surface area (Å²) in [6.45, 7) is 4.95. The summed E-state index contributed by atoms with van der Waals surface area (Å²) < 4.78 is 14.0. The predicted octanol–water partition coefficient (Wildman–Crippen LogP) is 3.98. The molecule has 0 radical (unpaired) electrons. The first-order valence-corrected chi connectivity index (χ1v) is 11.4. The number of para-hydroxylation sites is 1. The largest absolute Gasteiger partial charge is 0.367 e. The van der Waals surface area contributed by atoms with Crippen LogP contribution < -0.4 is 10.2 Å². The van der Waals surface area contributed by atoms with Gasteiger partial charge in [0, 0.05) is 38.1 Å². The van der Waals surface area contributed by atoms with Gasteiger partial charge >= 0.3 is 0 Å². The van der Waals surface area contributed by atoms with Crippen molar-refractivity contribution < 1.29 is 9.18 Å². The summed E-state index contributed by atoms with van der Waals surface area (Å²) in [5, 5.41) is 3.29. The summed E-state index contributed by atoms with van der Waals surface area (Å²) in [6, 6.07) is 7.47. The molecule has 29 heavy (non-hydrogen) atoms. The summed E-state index contributed by atoms with van der Waals surface area (Å²) in [4.78, 5) is 17.0. The van der Waals surface area contributed by atoms with Crippen LogP contribution in [0.25, 0.3) is 0 Å². The number of piperazine rings is 1. The molecule has 1 saturated carbocycles. The summed E-state index contributed by atoms with van der Waals surface area (Å²) in [6.07, 6.45) is 12.0. The molecule has 1 heterocycles. The first kappa shape index (κ1) is 20.4. The van der Waals surface area contributed by atoms with Gasteiger partial charge in [-0.2, -0.15) is 0 Å². The fraction of sp³-hybridized carbons (Fsp3) is 0.625. The second-order valence-corrected chi connectivity index (χ2v) is 8.93. The Labute approximate surface area is 174 Å². The quantitative estimate of drug-likeness (QED) is 0.735. The third kappa shape index (κ3) is 5.39. The Morgan fingerprint density at radius 3 is 2.38 bits per heavy atom. The van der Waals surface area contributed by atoms with E-state index in [1.54, 1.807) is 12.1 Å². The highest BCUT2D eigenvalue weighted by molar-refractivity contribution is 5.79. The summed E-state index contributed by atoms with van der Waals surface area (Å²) >= 11 is 0. The Morgan fingerprint density at radius 1 is 1.00 bits per heavy atom. The van der Waals surface area contributed by atoms with Gasteiger partial charge in [0.05, 0.1) is 5.69 Å². The van der Waals surface area contributed by atoms with Crippen LogP contribution in [0.2, 0.25) is 0 Å². The van der Waals surface area contributed by atoms with Crippen LogP contribution >= 0.6 is 0 Å². The number of hydrogen-bond acceptors (Lipinski definition) is 3. The number of carbonyl (C=O) groups is 1. The first-order valence-electron chi connectivity index (χ1n) is 11.4. The van der Waals surface area contributed by atoms with Crippen molar-refractivity contribution in [1.29, 1.82) is 0 Å². The number of amides is 1. The van der Waals surface area contributed by atoms with Crippen LogP contribution in [-0.4, -0.2) is 49.6 Å². The molecule has 1 saturated heterocycles. The van der Waals surface area contributed by atoms with Crippen LogP contribution in [0.3, 0.4) is 0 Å². The number of nitrogens with one attached hydrogen (secondary N) is 1. The van der Waals surface area contributed by atoms with Gasteiger partial charge in [-0.25, -0.2) is 4.39 Å². The molecule has 158 valence electrons. The molecule has 2 fully saturated rings. The van der Waals surface area contributed by atoms with E-state index in [2.05, 4.69) is 27.3 Å². The molecule has 1 aliphatic heterocycles. The molecule has 2 aliphatic carbocycles. The first-order chi connectivity index (χ1) is 14.2. The number of anilines is 1. The lowest BCUT2D eigenvalue weighted by Gasteiger charge is -2.37. The molecular formula is C24H34FN3O. The van der Waals surface area contributed by atoms with Gasteiger partial charge in [-0.15, -0.1) is 0 Å². The second-order valence-electron chi connectivity index (χ2n) is 8.93. The fourth-order valence-corrected chi connectivity index (χ4v) is 5.03. The van der Waals surface area contributed by atoms with Gasteiger partial charge in [-0.3, -0.25) is 9.69 Å². The number of rotatable bonds is 6. The molecular weight excluding hydrogens is 365 g/mol. The van der Waals surface area contributed by atoms with Gasteiger partial charge in [0.2, 0.25) is 5.91 Å². The van der Waals surface area contributed by atoms with E-state index in [1.807, 2.05) is 12.1 Å². The van der Waals surface area contributed by atoms with Crippen molar-refractivity contribution in [3.8, 4) is 0 Å². The molecule has 0 unspecified atom stereocenters. The highest BCUT2D eigenvalue weighted by Crippen LogP contribution is 2.28. The van der Waals surface area contributed by atoms with Crippen molar-refractivity contribution in [3.05, 3.63) is 42.2 Å². The molecule has 3 aliphatic rings. The van der Waals surface area contributed by atoms with E-state index in [4.69, 9.17) is 0 Å². The molecule has 1 amide bonds. The molecule has 1 aromatic carbocycles. The third-order valence-corrected chi connectivity index (χ3v) is 6.99. The van der Waals surface area contributed by atoms with E-state index in [0.29, 0.717) is 6.04 Å². The average Bonchev–Trinajstić information content (AvgIpc) is 3.29. The number of allylic oxidation sites excluding steroid dienone is 2. The van der Waals surface area contributed by atoms with Crippen molar-refractivity contribution in [3.63, 3.8) is 0 Å². The number of hydrogen-bond donors (Lipinski definition) is 1. The highest BCUT2D eigenvalue weighted by atomic mass is 19.1. The lowest BCUT2D eigenvalue weighted by molar-refractivity contribution is -0.125. The molecule has 0 aromatic heterocycles. The molecule has 4 nitrogen and oxygen atoms in total. The lowest BCUT2D eigenvalue weighted by Crippen LogP contribution is -2.47. The minimum absolute atomic E-state index is 0.117. The minimum Gasteiger partial charge on any atom is -0.367 e. The van der Waals surface area contributed by atoms with Gasteiger partial charge in [0.1, 0.15) is 5.82 Å². The number of benzene rings is 1. The molecule has 0 bridgehead atoms. The van der Waals surface area contributed by atoms with Crippen molar-refractivity contribution >= 4 is 11.6 Å². The van der Waals surface area contributed by atoms with E-state index in [0.717, 1.165) is 70.0 Å². The Morgan fingerprint density at radius 2 is 1.69 bits per heavy atom. The predicted molar refractivity (Wildman–Crippen MR) is 115 cm³/mol. The van der Waals surface area contributed by atoms with Crippen molar-refractivity contribution in [2.24, 2.45) is 11.8 Å². The minimum atomic E-state index is -0.117. The normalized spacial score (nSPS) is 26.0. The zero-order valence-electron chi connectivity index (χ0n) is 17.4. The van der Waals surface area contributed by atoms with Gasteiger partial charge < -0.3 is 10.2 Å². The molecule has 1 aromatic rings. The van der Waals surface area contributed by atoms with E-state index in [1.165, 1.54) is 19.3 Å². The van der Waals surface area contributed by atoms with Crippen LogP contribution in [-0.2, 0) is 4.79 Å². The Hall–Kier alpha value is -1.88. The van der Waals surface area contributed by atoms with Crippen LogP contribution in [0.5, 0.6) is 0 Å². The molecule has 0 atom stereocenters. The Balaban J connectivity index is 1.12. The zero-order chi connectivity index (χ0) is 20.1. The number of nitrogens with zero attached hydrogens (tertiary/aromatic N) is 2. The van der Waals surface area contributed by atoms with Crippen molar-refractivity contribution in [1.82, 2.24) is 10.2 Å². The summed E-state index contributed by atoms with van der Waals surface area (Å²) in [5.74, 6) is 1.09. The molecule has 0 spiro atoms. The lowest BCUT2D eigenvalue weighted by atomic mass is 9.83. The van der Waals surface area contributed by atoms with Crippen LogP contribution in [0.1, 0.15) is 44.9 Å². The van der Waals surface area contributed by atoms with E-state index in [-0.39, 0.29) is 17.6 Å². The van der Waals surface area contributed by atoms with Gasteiger partial charge in [0.25, 0.3) is 0 Å². The monoisotopic (exact) mass is 399 g/mol. The number of halogens is 1. The number of carbonyl (C=O) groups excluding carboxylic acids is 1. The highest BCUT2D eigenvalue weighted by Gasteiger charge is 2.26. The molecule has 4 rings (SSSR count). The van der Waals surface area contributed by atoms with E-state index in [9.17, 15) is 9.18 Å². The molecule has 1 N–H and O–H groups in total. The Kier molecular flexibility index (Phi) is 6.86. The van der Waals surface area contributed by atoms with Crippen LogP contribution in [0, 0.1) is 17.7 Å². The summed E-state index contributed by atoms with van der Waals surface area (Å²) in [5.41, 5.74) is 0.737. The third-order valence-electron chi connectivity index (χ3n) is 6.99. The molecule has 5 heteroatoms. The van der Waals surface area contributed by atoms with Crippen LogP contribution in [0.4, 0.5) is 10.1 Å². The topological polar surface area (TPSA) is 35.6 Å². The van der Waals surface area contributed by atoms with E-state index < -0.39 is 0 Å². The Bertz CT molecular complexity index is 698. The zero-order valence-corrected chi connectivity index (χ0v) is 17.4. The maximum atomic E-state index is 14.0. The summed E-state index contributed by atoms with van der Waals surface area (Å²) in [7, 11) is 0. The van der Waals surface area contributed by atoms with Gasteiger partial charge in [0.15, 0.2) is 0 Å². The van der Waals surface area contributed by atoms with Gasteiger partial charge in [-0.05, 0) is 69.5 Å². The maximum Gasteiger partial charge on any atom is 0.223 e. The van der Waals surface area contributed by atoms with Crippen molar-refractivity contribution in [2.75, 3.05) is 37.6 Å². The SMILES string of the molecule is O=C(N[C@H]1CC[C@H](CCN2CCN(c3ccccc3F)CC2)CC1)C1CC=CC1. The maximum absolute atomic E-state index is 14.0. The van der Waals surface area contributed by atoms with Gasteiger partial charge in [-0.1, -0.05) is 24.3 Å². The average molecular weight is 400 g/mol. The standard InChI is InChI=1S/C24H34FN3O/c25-22-7-3-4-8-23(22)28-17-15-27(16-18-28)14-13-19-9-11-21(12-10-19)26-24(29)20-5-1-2-6-20/h1-4,7-8,19-21H,5-6,9-18H2,(H,26,29)/t19-,21-. The fourth-order valence-electron chi connectivity index (χ4n) is 5.03.